The van der Waals surface area contributed by atoms with Crippen LogP contribution < -0.4 is 4.74 Å². The molecular weight excluding hydrogens is 428 g/mol. The van der Waals surface area contributed by atoms with Gasteiger partial charge in [0.1, 0.15) is 12.4 Å². The Bertz CT molecular complexity index is 1050. The summed E-state index contributed by atoms with van der Waals surface area (Å²) in [5.74, 6) is 2.12. The van der Waals surface area contributed by atoms with Crippen molar-refractivity contribution in [2.24, 2.45) is 0 Å². The third-order valence-corrected chi connectivity index (χ3v) is 6.19. The molecule has 0 spiro atoms. The molecule has 0 bridgehead atoms. The average Bonchev–Trinajstić information content (AvgIpc) is 3.25. The molecule has 2 aromatic carbocycles. The van der Waals surface area contributed by atoms with Crippen LogP contribution in [0.1, 0.15) is 21.7 Å². The van der Waals surface area contributed by atoms with E-state index in [1.807, 2.05) is 58.0 Å². The molecule has 1 aliphatic heterocycles. The number of ether oxygens (including phenoxy) is 3. The molecule has 3 aromatic rings. The van der Waals surface area contributed by atoms with Crippen LogP contribution >= 0.6 is 11.8 Å². The molecule has 4 rings (SSSR count). The normalized spacial score (nSPS) is 13.9. The van der Waals surface area contributed by atoms with Gasteiger partial charge in [0.05, 0.1) is 20.3 Å². The second-order valence-electron chi connectivity index (χ2n) is 7.22. The first kappa shape index (κ1) is 22.3. The molecule has 1 aromatic heterocycles. The van der Waals surface area contributed by atoms with Gasteiger partial charge in [-0.1, -0.05) is 30.0 Å². The fourth-order valence-corrected chi connectivity index (χ4v) is 4.52. The molecule has 1 fully saturated rings. The fraction of sp³-hybridized carbons (Fsp3) is 0.348. The van der Waals surface area contributed by atoms with E-state index in [4.69, 9.17) is 14.2 Å². The van der Waals surface area contributed by atoms with Crippen LogP contribution in [0.4, 0.5) is 0 Å². The van der Waals surface area contributed by atoms with Gasteiger partial charge in [-0.05, 0) is 35.9 Å². The number of amides is 1. The Kier molecular flexibility index (Phi) is 7.41. The molecule has 2 heterocycles. The van der Waals surface area contributed by atoms with Gasteiger partial charge in [-0.15, -0.1) is 10.2 Å². The van der Waals surface area contributed by atoms with Crippen LogP contribution in [-0.4, -0.2) is 66.1 Å². The summed E-state index contributed by atoms with van der Waals surface area (Å²) < 4.78 is 17.9. The summed E-state index contributed by atoms with van der Waals surface area (Å²) in [7, 11) is 3.27. The van der Waals surface area contributed by atoms with Gasteiger partial charge in [0, 0.05) is 37.2 Å². The molecule has 0 saturated carbocycles. The first-order chi connectivity index (χ1) is 15.7. The predicted octanol–water partition coefficient (Wildman–Crippen LogP) is 3.19. The molecule has 0 N–H and O–H groups in total. The summed E-state index contributed by atoms with van der Waals surface area (Å²) in [5, 5.41) is 9.43. The molecule has 0 atom stereocenters. The van der Waals surface area contributed by atoms with Crippen LogP contribution in [0, 0.1) is 0 Å². The van der Waals surface area contributed by atoms with E-state index in [1.54, 1.807) is 14.2 Å². The van der Waals surface area contributed by atoms with Gasteiger partial charge in [-0.3, -0.25) is 9.36 Å². The van der Waals surface area contributed by atoms with E-state index in [2.05, 4.69) is 10.2 Å². The number of methoxy groups -OCH3 is 2. The highest BCUT2D eigenvalue weighted by atomic mass is 32.2. The van der Waals surface area contributed by atoms with E-state index >= 15 is 0 Å². The van der Waals surface area contributed by atoms with E-state index in [1.165, 1.54) is 11.8 Å². The van der Waals surface area contributed by atoms with Gasteiger partial charge < -0.3 is 19.1 Å². The second kappa shape index (κ2) is 10.6. The maximum atomic E-state index is 13.1. The molecule has 168 valence electrons. The van der Waals surface area contributed by atoms with Crippen molar-refractivity contribution in [3.63, 3.8) is 0 Å². The number of hydrogen-bond donors (Lipinski definition) is 0. The summed E-state index contributed by atoms with van der Waals surface area (Å²) in [5.41, 5.74) is 2.60. The fourth-order valence-electron chi connectivity index (χ4n) is 3.54. The summed E-state index contributed by atoms with van der Waals surface area (Å²) in [6, 6.07) is 15.5. The first-order valence-corrected chi connectivity index (χ1v) is 11.3. The van der Waals surface area contributed by atoms with Crippen molar-refractivity contribution in [1.29, 1.82) is 0 Å². The number of thioether (sulfide) groups is 1. The Morgan fingerprint density at radius 3 is 2.53 bits per heavy atom. The van der Waals surface area contributed by atoms with Gasteiger partial charge in [0.15, 0.2) is 11.0 Å². The number of carbonyl (C=O) groups is 1. The van der Waals surface area contributed by atoms with Gasteiger partial charge >= 0.3 is 0 Å². The topological polar surface area (TPSA) is 78.7 Å². The summed E-state index contributed by atoms with van der Waals surface area (Å²) in [6.45, 7) is 2.73. The van der Waals surface area contributed by atoms with Crippen molar-refractivity contribution < 1.29 is 19.0 Å². The van der Waals surface area contributed by atoms with E-state index in [0.29, 0.717) is 44.5 Å². The van der Waals surface area contributed by atoms with Crippen molar-refractivity contribution >= 4 is 17.7 Å². The molecule has 1 aliphatic rings. The molecular formula is C23H26N4O4S. The van der Waals surface area contributed by atoms with E-state index < -0.39 is 0 Å². The third kappa shape index (κ3) is 4.95. The summed E-state index contributed by atoms with van der Waals surface area (Å²) in [4.78, 5) is 14.9. The molecule has 1 saturated heterocycles. The van der Waals surface area contributed by atoms with Crippen LogP contribution in [0.5, 0.6) is 5.75 Å². The molecule has 9 heteroatoms. The van der Waals surface area contributed by atoms with Crippen molar-refractivity contribution in [3.05, 3.63) is 65.5 Å². The Balaban J connectivity index is 1.57. The van der Waals surface area contributed by atoms with E-state index in [0.717, 1.165) is 27.7 Å². The largest absolute Gasteiger partial charge is 0.497 e. The quantitative estimate of drug-likeness (QED) is 0.484. The highest BCUT2D eigenvalue weighted by Crippen LogP contribution is 2.28. The molecule has 1 amide bonds. The highest BCUT2D eigenvalue weighted by molar-refractivity contribution is 7.98. The highest BCUT2D eigenvalue weighted by Gasteiger charge is 2.21. The lowest BCUT2D eigenvalue weighted by atomic mass is 10.1. The zero-order chi connectivity index (χ0) is 22.3. The van der Waals surface area contributed by atoms with E-state index in [9.17, 15) is 4.79 Å². The Morgan fingerprint density at radius 1 is 1.06 bits per heavy atom. The molecule has 8 nitrogen and oxygen atoms in total. The number of nitrogens with zero attached hydrogens (tertiary/aromatic N) is 4. The third-order valence-electron chi connectivity index (χ3n) is 5.21. The number of hydrogen-bond acceptors (Lipinski definition) is 7. The Labute approximate surface area is 191 Å². The molecule has 32 heavy (non-hydrogen) atoms. The number of rotatable bonds is 8. The lowest BCUT2D eigenvalue weighted by molar-refractivity contribution is 0.0302. The zero-order valence-corrected chi connectivity index (χ0v) is 19.0. The van der Waals surface area contributed by atoms with Gasteiger partial charge in [0.25, 0.3) is 5.91 Å². The smallest absolute Gasteiger partial charge is 0.254 e. The van der Waals surface area contributed by atoms with Gasteiger partial charge in [0.2, 0.25) is 0 Å². The van der Waals surface area contributed by atoms with Crippen molar-refractivity contribution in [3.8, 4) is 11.4 Å². The number of morpholine rings is 1. The SMILES string of the molecule is COCc1nnc(SCc2ccccc2C(=O)N2CCOCC2)n1-c1ccc(OC)cc1. The van der Waals surface area contributed by atoms with Crippen LogP contribution in [0.15, 0.2) is 53.7 Å². The van der Waals surface area contributed by atoms with Crippen molar-refractivity contribution in [2.45, 2.75) is 17.5 Å². The van der Waals surface area contributed by atoms with Crippen LogP contribution in [0.2, 0.25) is 0 Å². The molecule has 0 aliphatic carbocycles. The lowest BCUT2D eigenvalue weighted by Crippen LogP contribution is -2.41. The van der Waals surface area contributed by atoms with Crippen LogP contribution in [0.25, 0.3) is 5.69 Å². The lowest BCUT2D eigenvalue weighted by Gasteiger charge is -2.27. The second-order valence-corrected chi connectivity index (χ2v) is 8.16. The first-order valence-electron chi connectivity index (χ1n) is 10.4. The van der Waals surface area contributed by atoms with Gasteiger partial charge in [-0.2, -0.15) is 0 Å². The maximum absolute atomic E-state index is 13.1. The van der Waals surface area contributed by atoms with Crippen molar-refractivity contribution in [2.75, 3.05) is 40.5 Å². The zero-order valence-electron chi connectivity index (χ0n) is 18.2. The molecule has 0 radical (unpaired) electrons. The van der Waals surface area contributed by atoms with Crippen LogP contribution in [-0.2, 0) is 21.8 Å². The monoisotopic (exact) mass is 454 g/mol. The van der Waals surface area contributed by atoms with Crippen molar-refractivity contribution in [1.82, 2.24) is 19.7 Å². The number of carbonyl (C=O) groups excluding carboxylic acids is 1. The summed E-state index contributed by atoms with van der Waals surface area (Å²) in [6.07, 6.45) is 0. The minimum Gasteiger partial charge on any atom is -0.497 e. The Morgan fingerprint density at radius 2 is 1.81 bits per heavy atom. The average molecular weight is 455 g/mol. The van der Waals surface area contributed by atoms with E-state index in [-0.39, 0.29) is 5.91 Å². The maximum Gasteiger partial charge on any atom is 0.254 e. The van der Waals surface area contributed by atoms with Gasteiger partial charge in [-0.25, -0.2) is 0 Å². The standard InChI is InChI=1S/C23H26N4O4S/c1-29-15-21-24-25-23(27(21)18-7-9-19(30-2)10-8-18)32-16-17-5-3-4-6-20(17)22(28)26-11-13-31-14-12-26/h3-10H,11-16H2,1-2H3. The number of aromatic nitrogens is 3. The minimum absolute atomic E-state index is 0.0428. The number of benzene rings is 2. The minimum atomic E-state index is 0.0428. The van der Waals surface area contributed by atoms with Crippen LogP contribution in [0.3, 0.4) is 0 Å². The Hall–Kier alpha value is -2.88. The summed E-state index contributed by atoms with van der Waals surface area (Å²) >= 11 is 1.54. The predicted molar refractivity (Wildman–Crippen MR) is 121 cm³/mol. The molecule has 0 unspecified atom stereocenters.